The van der Waals surface area contributed by atoms with Crippen LogP contribution in [-0.4, -0.2) is 37.9 Å². The van der Waals surface area contributed by atoms with Crippen LogP contribution < -0.4 is 0 Å². The topological polar surface area (TPSA) is 57.7 Å². The molecular weight excluding hydrogens is 329 g/mol. The van der Waals surface area contributed by atoms with Gasteiger partial charge in [0.05, 0.1) is 11.9 Å². The number of H-pyrrole nitrogens is 1. The van der Waals surface area contributed by atoms with Crippen LogP contribution >= 0.6 is 0 Å². The Kier molecular flexibility index (Phi) is 5.02. The number of piperidine rings is 1. The first-order valence-electron chi connectivity index (χ1n) is 9.04. The van der Waals surface area contributed by atoms with E-state index in [1.807, 2.05) is 18.3 Å². The smallest absolute Gasteiger partial charge is 0.157 e. The third-order valence-electron chi connectivity index (χ3n) is 4.90. The van der Waals surface area contributed by atoms with Gasteiger partial charge in [-0.15, -0.1) is 0 Å². The maximum Gasteiger partial charge on any atom is 0.157 e. The van der Waals surface area contributed by atoms with Crippen LogP contribution in [0.4, 0.5) is 4.39 Å². The van der Waals surface area contributed by atoms with E-state index in [0.717, 1.165) is 48.7 Å². The molecule has 5 nitrogen and oxygen atoms in total. The minimum absolute atomic E-state index is 0.117. The van der Waals surface area contributed by atoms with Crippen molar-refractivity contribution < 1.29 is 4.39 Å². The second kappa shape index (κ2) is 7.74. The molecule has 3 aromatic rings. The molecule has 2 aromatic heterocycles. The molecule has 0 saturated carbocycles. The Balaban J connectivity index is 1.37. The van der Waals surface area contributed by atoms with Gasteiger partial charge in [-0.2, -0.15) is 0 Å². The fourth-order valence-electron chi connectivity index (χ4n) is 3.61. The van der Waals surface area contributed by atoms with Gasteiger partial charge in [-0.3, -0.25) is 9.88 Å². The van der Waals surface area contributed by atoms with Gasteiger partial charge < -0.3 is 4.98 Å². The summed E-state index contributed by atoms with van der Waals surface area (Å²) in [6, 6.07) is 7.05. The van der Waals surface area contributed by atoms with E-state index in [2.05, 4.69) is 24.8 Å². The number of nitrogens with one attached hydrogen (secondary N) is 1. The predicted octanol–water partition coefficient (Wildman–Crippen LogP) is 3.46. The van der Waals surface area contributed by atoms with Crippen LogP contribution in [0.3, 0.4) is 0 Å². The van der Waals surface area contributed by atoms with Gasteiger partial charge in [0.1, 0.15) is 11.5 Å². The lowest BCUT2D eigenvalue weighted by Crippen LogP contribution is -2.36. The molecule has 1 aromatic carbocycles. The fraction of sp³-hybridized carbons (Fsp3) is 0.350. The number of rotatable bonds is 5. The molecule has 134 valence electrons. The Morgan fingerprint density at radius 2 is 2.08 bits per heavy atom. The number of imidazole rings is 1. The lowest BCUT2D eigenvalue weighted by molar-refractivity contribution is 0.164. The molecule has 0 radical (unpaired) electrons. The van der Waals surface area contributed by atoms with Gasteiger partial charge >= 0.3 is 0 Å². The van der Waals surface area contributed by atoms with Gasteiger partial charge in [-0.1, -0.05) is 18.2 Å². The Bertz CT molecular complexity index is 832. The summed E-state index contributed by atoms with van der Waals surface area (Å²) in [5, 5.41) is 0. The van der Waals surface area contributed by atoms with Crippen LogP contribution in [0.15, 0.2) is 49.1 Å². The van der Waals surface area contributed by atoms with E-state index in [1.165, 1.54) is 12.5 Å². The van der Waals surface area contributed by atoms with Gasteiger partial charge in [0.25, 0.3) is 0 Å². The third kappa shape index (κ3) is 3.96. The summed E-state index contributed by atoms with van der Waals surface area (Å²) in [4.78, 5) is 18.6. The Hall–Kier alpha value is -2.60. The zero-order valence-electron chi connectivity index (χ0n) is 14.6. The van der Waals surface area contributed by atoms with E-state index < -0.39 is 0 Å². The summed E-state index contributed by atoms with van der Waals surface area (Å²) in [7, 11) is 0. The van der Waals surface area contributed by atoms with Crippen molar-refractivity contribution in [2.24, 2.45) is 5.92 Å². The van der Waals surface area contributed by atoms with Gasteiger partial charge in [-0.25, -0.2) is 14.4 Å². The van der Waals surface area contributed by atoms with E-state index in [4.69, 9.17) is 0 Å². The molecule has 1 N–H and O–H groups in total. The van der Waals surface area contributed by atoms with Gasteiger partial charge in [-0.05, 0) is 37.8 Å². The van der Waals surface area contributed by atoms with Crippen molar-refractivity contribution >= 4 is 0 Å². The molecule has 0 unspecified atom stereocenters. The zero-order chi connectivity index (χ0) is 17.8. The standard InChI is InChI=1S/C20H22FN5/c21-18-6-2-1-5-16(18)14-26-9-3-4-15(13-26)10-17-11-25-19(12-24-17)20-22-7-8-23-20/h1-2,5-8,11-12,15H,3-4,9-10,13-14H2,(H,22,23)/t15-/m1/s1. The van der Waals surface area contributed by atoms with Crippen LogP contribution in [0.5, 0.6) is 0 Å². The monoisotopic (exact) mass is 351 g/mol. The highest BCUT2D eigenvalue weighted by molar-refractivity contribution is 5.46. The van der Waals surface area contributed by atoms with Gasteiger partial charge in [0.15, 0.2) is 5.82 Å². The number of benzene rings is 1. The number of aromatic nitrogens is 4. The molecule has 1 aliphatic heterocycles. The normalized spacial score (nSPS) is 18.1. The van der Waals surface area contributed by atoms with Crippen molar-refractivity contribution in [1.82, 2.24) is 24.8 Å². The molecule has 1 aliphatic rings. The Morgan fingerprint density at radius 3 is 2.85 bits per heavy atom. The molecule has 6 heteroatoms. The first kappa shape index (κ1) is 16.8. The molecular formula is C20H22FN5. The molecule has 1 saturated heterocycles. The van der Waals surface area contributed by atoms with Crippen molar-refractivity contribution in [3.8, 4) is 11.5 Å². The average Bonchev–Trinajstić information content (AvgIpc) is 3.19. The highest BCUT2D eigenvalue weighted by Gasteiger charge is 2.21. The number of likely N-dealkylation sites (tertiary alicyclic amines) is 1. The molecule has 0 aliphatic carbocycles. The zero-order valence-corrected chi connectivity index (χ0v) is 14.6. The maximum absolute atomic E-state index is 13.9. The van der Waals surface area contributed by atoms with Gasteiger partial charge in [0, 0.05) is 37.2 Å². The number of hydrogen-bond acceptors (Lipinski definition) is 4. The summed E-state index contributed by atoms with van der Waals surface area (Å²) in [5.41, 5.74) is 2.53. The van der Waals surface area contributed by atoms with E-state index in [0.29, 0.717) is 12.5 Å². The Morgan fingerprint density at radius 1 is 1.15 bits per heavy atom. The van der Waals surface area contributed by atoms with Crippen molar-refractivity contribution in [3.63, 3.8) is 0 Å². The molecule has 3 heterocycles. The number of aromatic amines is 1. The van der Waals surface area contributed by atoms with Crippen molar-refractivity contribution in [1.29, 1.82) is 0 Å². The van der Waals surface area contributed by atoms with Crippen LogP contribution in [0.25, 0.3) is 11.5 Å². The first-order valence-corrected chi connectivity index (χ1v) is 9.04. The Labute approximate surface area is 152 Å². The largest absolute Gasteiger partial charge is 0.343 e. The summed E-state index contributed by atoms with van der Waals surface area (Å²) < 4.78 is 13.9. The predicted molar refractivity (Wildman–Crippen MR) is 97.7 cm³/mol. The highest BCUT2D eigenvalue weighted by Crippen LogP contribution is 2.22. The third-order valence-corrected chi connectivity index (χ3v) is 4.90. The molecule has 1 atom stereocenters. The van der Waals surface area contributed by atoms with E-state index >= 15 is 0 Å². The van der Waals surface area contributed by atoms with Crippen molar-refractivity contribution in [2.45, 2.75) is 25.8 Å². The van der Waals surface area contributed by atoms with Crippen LogP contribution in [0.1, 0.15) is 24.1 Å². The molecule has 0 amide bonds. The minimum atomic E-state index is -0.117. The number of halogens is 1. The van der Waals surface area contributed by atoms with Crippen molar-refractivity contribution in [2.75, 3.05) is 13.1 Å². The first-order chi connectivity index (χ1) is 12.8. The lowest BCUT2D eigenvalue weighted by atomic mass is 9.93. The van der Waals surface area contributed by atoms with Crippen LogP contribution in [0.2, 0.25) is 0 Å². The molecule has 0 bridgehead atoms. The summed E-state index contributed by atoms with van der Waals surface area (Å²) in [6.07, 6.45) is 10.3. The summed E-state index contributed by atoms with van der Waals surface area (Å²) in [6.45, 7) is 2.66. The second-order valence-corrected chi connectivity index (χ2v) is 6.87. The highest BCUT2D eigenvalue weighted by atomic mass is 19.1. The average molecular weight is 351 g/mol. The molecule has 1 fully saturated rings. The van der Waals surface area contributed by atoms with E-state index in [9.17, 15) is 4.39 Å². The second-order valence-electron chi connectivity index (χ2n) is 6.87. The number of hydrogen-bond donors (Lipinski definition) is 1. The SMILES string of the molecule is Fc1ccccc1CN1CCC[C@H](Cc2cnc(-c3ncc[nH]3)cn2)C1. The summed E-state index contributed by atoms with van der Waals surface area (Å²) in [5.74, 6) is 1.14. The van der Waals surface area contributed by atoms with E-state index in [-0.39, 0.29) is 5.82 Å². The van der Waals surface area contributed by atoms with Gasteiger partial charge in [0.2, 0.25) is 0 Å². The molecule has 0 spiro atoms. The maximum atomic E-state index is 13.9. The fourth-order valence-corrected chi connectivity index (χ4v) is 3.61. The number of nitrogens with zero attached hydrogens (tertiary/aromatic N) is 4. The quantitative estimate of drug-likeness (QED) is 0.765. The van der Waals surface area contributed by atoms with Crippen molar-refractivity contribution in [3.05, 3.63) is 66.1 Å². The minimum Gasteiger partial charge on any atom is -0.343 e. The summed E-state index contributed by atoms with van der Waals surface area (Å²) >= 11 is 0. The molecule has 26 heavy (non-hydrogen) atoms. The lowest BCUT2D eigenvalue weighted by Gasteiger charge is -2.32. The molecule has 4 rings (SSSR count). The van der Waals surface area contributed by atoms with E-state index in [1.54, 1.807) is 24.7 Å². The van der Waals surface area contributed by atoms with Crippen LogP contribution in [-0.2, 0) is 13.0 Å². The van der Waals surface area contributed by atoms with Crippen LogP contribution in [0, 0.1) is 11.7 Å².